The Labute approximate surface area is 159 Å². The van der Waals surface area contributed by atoms with Crippen LogP contribution in [0.4, 0.5) is 0 Å². The first-order valence-corrected chi connectivity index (χ1v) is 9.17. The predicted molar refractivity (Wildman–Crippen MR) is 117 cm³/mol. The molecule has 0 fully saturated rings. The van der Waals surface area contributed by atoms with Gasteiger partial charge in [-0.25, -0.2) is 0 Å². The van der Waals surface area contributed by atoms with E-state index < -0.39 is 0 Å². The summed E-state index contributed by atoms with van der Waals surface area (Å²) in [5.41, 5.74) is 11.5. The molecule has 0 nitrogen and oxygen atoms in total. The lowest BCUT2D eigenvalue weighted by molar-refractivity contribution is 1.33. The monoisotopic (exact) mass is 342 g/mol. The molecule has 0 heterocycles. The molecule has 0 unspecified atom stereocenters. The molecule has 2 aromatic carbocycles. The van der Waals surface area contributed by atoms with Crippen LogP contribution < -0.4 is 0 Å². The van der Waals surface area contributed by atoms with Gasteiger partial charge in [0.1, 0.15) is 0 Å². The third-order valence-electron chi connectivity index (χ3n) is 4.88. The van der Waals surface area contributed by atoms with Crippen LogP contribution in [0.1, 0.15) is 48.6 Å². The molecule has 2 aromatic rings. The maximum Gasteiger partial charge on any atom is -0.0152 e. The fourth-order valence-corrected chi connectivity index (χ4v) is 3.27. The molecule has 0 aliphatic rings. The van der Waals surface area contributed by atoms with Crippen LogP contribution >= 0.6 is 0 Å². The van der Waals surface area contributed by atoms with Gasteiger partial charge in [0, 0.05) is 0 Å². The van der Waals surface area contributed by atoms with E-state index >= 15 is 0 Å². The third-order valence-corrected chi connectivity index (χ3v) is 4.88. The first-order chi connectivity index (χ1) is 12.3. The van der Waals surface area contributed by atoms with Crippen LogP contribution in [0.3, 0.4) is 0 Å². The maximum atomic E-state index is 3.90. The Kier molecular flexibility index (Phi) is 6.58. The second kappa shape index (κ2) is 8.67. The van der Waals surface area contributed by atoms with E-state index in [0.29, 0.717) is 0 Å². The van der Waals surface area contributed by atoms with Crippen molar-refractivity contribution in [1.29, 1.82) is 0 Å². The molecule has 0 amide bonds. The van der Waals surface area contributed by atoms with Gasteiger partial charge in [-0.3, -0.25) is 0 Å². The summed E-state index contributed by atoms with van der Waals surface area (Å²) in [4.78, 5) is 0. The summed E-state index contributed by atoms with van der Waals surface area (Å²) in [5, 5.41) is 0. The normalized spacial score (nSPS) is 13.5. The predicted octanol–water partition coefficient (Wildman–Crippen LogP) is 7.62. The molecule has 0 bridgehead atoms. The molecular formula is C26H30. The number of allylic oxidation sites excluding steroid dienone is 7. The van der Waals surface area contributed by atoms with E-state index in [1.807, 2.05) is 6.08 Å². The quantitative estimate of drug-likeness (QED) is 0.490. The Morgan fingerprint density at radius 2 is 1.46 bits per heavy atom. The first kappa shape index (κ1) is 19.7. The summed E-state index contributed by atoms with van der Waals surface area (Å²) in [7, 11) is 0. The Morgan fingerprint density at radius 1 is 0.846 bits per heavy atom. The third kappa shape index (κ3) is 4.73. The van der Waals surface area contributed by atoms with Gasteiger partial charge >= 0.3 is 0 Å². The van der Waals surface area contributed by atoms with Crippen molar-refractivity contribution in [2.45, 2.75) is 41.5 Å². The van der Waals surface area contributed by atoms with Gasteiger partial charge in [0.05, 0.1) is 0 Å². The topological polar surface area (TPSA) is 0 Å². The van der Waals surface area contributed by atoms with E-state index in [2.05, 4.69) is 103 Å². The van der Waals surface area contributed by atoms with Crippen LogP contribution in [0.5, 0.6) is 0 Å². The Hall–Kier alpha value is -2.60. The van der Waals surface area contributed by atoms with Gasteiger partial charge < -0.3 is 0 Å². The van der Waals surface area contributed by atoms with Crippen LogP contribution in [0.25, 0.3) is 11.1 Å². The highest BCUT2D eigenvalue weighted by molar-refractivity contribution is 5.82. The molecule has 0 aliphatic heterocycles. The largest absolute Gasteiger partial charge is 0.0990 e. The molecule has 0 saturated heterocycles. The van der Waals surface area contributed by atoms with Gasteiger partial charge in [-0.15, -0.1) is 0 Å². The van der Waals surface area contributed by atoms with Crippen molar-refractivity contribution in [3.05, 3.63) is 106 Å². The van der Waals surface area contributed by atoms with Gasteiger partial charge in [0.2, 0.25) is 0 Å². The van der Waals surface area contributed by atoms with Crippen LogP contribution in [0.15, 0.2) is 78.4 Å². The second-order valence-electron chi connectivity index (χ2n) is 7.14. The highest BCUT2D eigenvalue weighted by Crippen LogP contribution is 2.28. The smallest absolute Gasteiger partial charge is 0.0152 e. The number of rotatable bonds is 5. The molecule has 0 radical (unpaired) electrons. The van der Waals surface area contributed by atoms with Crippen molar-refractivity contribution < 1.29 is 0 Å². The fraction of sp³-hybridized carbons (Fsp3) is 0.231. The van der Waals surface area contributed by atoms with Crippen molar-refractivity contribution in [2.24, 2.45) is 0 Å². The average molecular weight is 343 g/mol. The van der Waals surface area contributed by atoms with E-state index in [4.69, 9.17) is 0 Å². The minimum atomic E-state index is 1.22. The van der Waals surface area contributed by atoms with Crippen molar-refractivity contribution in [3.8, 4) is 0 Å². The summed E-state index contributed by atoms with van der Waals surface area (Å²) in [6.07, 6.45) is 6.26. The summed E-state index contributed by atoms with van der Waals surface area (Å²) in [5.74, 6) is 0. The van der Waals surface area contributed by atoms with E-state index in [0.717, 1.165) is 0 Å². The number of aryl methyl sites for hydroxylation is 3. The van der Waals surface area contributed by atoms with Gasteiger partial charge in [0.25, 0.3) is 0 Å². The number of benzene rings is 2. The summed E-state index contributed by atoms with van der Waals surface area (Å²) in [6, 6.07) is 15.3. The highest BCUT2D eigenvalue weighted by Gasteiger charge is 2.07. The SMILES string of the molecule is C=C\C=C(/C(C)=C(C)/C=C(\C)c1ccc(C)cc1C)c1ccc(C)cc1. The zero-order chi connectivity index (χ0) is 19.3. The average Bonchev–Trinajstić information content (AvgIpc) is 2.59. The van der Waals surface area contributed by atoms with E-state index in [-0.39, 0.29) is 0 Å². The summed E-state index contributed by atoms with van der Waals surface area (Å²) >= 11 is 0. The molecule has 0 aromatic heterocycles. The van der Waals surface area contributed by atoms with Gasteiger partial charge in [0.15, 0.2) is 0 Å². The highest BCUT2D eigenvalue weighted by atomic mass is 14.1. The van der Waals surface area contributed by atoms with E-state index in [1.165, 1.54) is 50.1 Å². The Bertz CT molecular complexity index is 884. The van der Waals surface area contributed by atoms with Gasteiger partial charge in [-0.2, -0.15) is 0 Å². The number of hydrogen-bond donors (Lipinski definition) is 0. The summed E-state index contributed by atoms with van der Waals surface area (Å²) in [6.45, 7) is 16.9. The number of hydrogen-bond acceptors (Lipinski definition) is 0. The van der Waals surface area contributed by atoms with Crippen molar-refractivity contribution in [2.75, 3.05) is 0 Å². The lowest BCUT2D eigenvalue weighted by Crippen LogP contribution is -1.92. The molecule has 26 heavy (non-hydrogen) atoms. The lowest BCUT2D eigenvalue weighted by Gasteiger charge is -2.13. The van der Waals surface area contributed by atoms with E-state index in [9.17, 15) is 0 Å². The zero-order valence-corrected chi connectivity index (χ0v) is 17.0. The molecule has 0 aliphatic carbocycles. The second-order valence-corrected chi connectivity index (χ2v) is 7.14. The van der Waals surface area contributed by atoms with Crippen molar-refractivity contribution in [3.63, 3.8) is 0 Å². The van der Waals surface area contributed by atoms with Crippen LogP contribution in [-0.2, 0) is 0 Å². The van der Waals surface area contributed by atoms with Crippen molar-refractivity contribution >= 4 is 11.1 Å². The lowest BCUT2D eigenvalue weighted by atomic mass is 9.92. The molecule has 0 heteroatoms. The molecular weight excluding hydrogens is 312 g/mol. The molecule has 2 rings (SSSR count). The fourth-order valence-electron chi connectivity index (χ4n) is 3.27. The molecule has 0 atom stereocenters. The maximum absolute atomic E-state index is 3.90. The standard InChI is InChI=1S/C26H30/c1-8-9-26(24-13-10-18(2)11-14-24)23(7)20(4)17-22(6)25-15-12-19(3)16-21(25)5/h8-17H,1H2,2-7H3/b22-17+,23-20+,26-9+. The van der Waals surface area contributed by atoms with Crippen molar-refractivity contribution in [1.82, 2.24) is 0 Å². The van der Waals surface area contributed by atoms with Crippen LogP contribution in [-0.4, -0.2) is 0 Å². The molecule has 0 spiro atoms. The molecule has 134 valence electrons. The minimum absolute atomic E-state index is 1.22. The minimum Gasteiger partial charge on any atom is -0.0990 e. The molecule has 0 saturated carbocycles. The van der Waals surface area contributed by atoms with Crippen LogP contribution in [0.2, 0.25) is 0 Å². The molecule has 0 N–H and O–H groups in total. The van der Waals surface area contributed by atoms with E-state index in [1.54, 1.807) is 0 Å². The summed E-state index contributed by atoms with van der Waals surface area (Å²) < 4.78 is 0. The first-order valence-electron chi connectivity index (χ1n) is 9.17. The van der Waals surface area contributed by atoms with Gasteiger partial charge in [-0.1, -0.05) is 78.4 Å². The Balaban J connectivity index is 2.46. The van der Waals surface area contributed by atoms with Gasteiger partial charge in [-0.05, 0) is 80.5 Å². The van der Waals surface area contributed by atoms with Crippen LogP contribution in [0, 0.1) is 20.8 Å². The Morgan fingerprint density at radius 3 is 2.04 bits per heavy atom. The zero-order valence-electron chi connectivity index (χ0n) is 17.0.